The van der Waals surface area contributed by atoms with E-state index in [2.05, 4.69) is 16.3 Å². The minimum Gasteiger partial charge on any atom is -0.314 e. The van der Waals surface area contributed by atoms with Crippen LogP contribution in [0.4, 0.5) is 0 Å². The zero-order valence-corrected chi connectivity index (χ0v) is 7.93. The van der Waals surface area contributed by atoms with E-state index >= 15 is 0 Å². The summed E-state index contributed by atoms with van der Waals surface area (Å²) in [4.78, 5) is 2.35. The number of hydrogen-bond donors (Lipinski definition) is 1. The van der Waals surface area contributed by atoms with Crippen LogP contribution in [0.15, 0.2) is 0 Å². The van der Waals surface area contributed by atoms with Gasteiger partial charge in [0.15, 0.2) is 0 Å². The van der Waals surface area contributed by atoms with Gasteiger partial charge in [0, 0.05) is 32.7 Å². The van der Waals surface area contributed by atoms with Crippen LogP contribution >= 0.6 is 0 Å². The molecule has 1 fully saturated rings. The molecule has 1 rings (SSSR count). The lowest BCUT2D eigenvalue weighted by Gasteiger charge is -2.31. The lowest BCUT2D eigenvalue weighted by atomic mass is 9.95. The summed E-state index contributed by atoms with van der Waals surface area (Å²) in [5.74, 6) is 0. The third-order valence-corrected chi connectivity index (χ3v) is 2.13. The van der Waals surface area contributed by atoms with Gasteiger partial charge in [0.2, 0.25) is 0 Å². The molecule has 0 atom stereocenters. The van der Waals surface area contributed by atoms with Gasteiger partial charge in [-0.1, -0.05) is 0 Å². The highest BCUT2D eigenvalue weighted by Crippen LogP contribution is 2.15. The topological polar surface area (TPSA) is 39.1 Å². The second-order valence-corrected chi connectivity index (χ2v) is 4.02. The normalized spacial score (nSPS) is 20.4. The highest BCUT2D eigenvalue weighted by atomic mass is 15.2. The van der Waals surface area contributed by atoms with Crippen molar-refractivity contribution in [3.05, 3.63) is 0 Å². The maximum Gasteiger partial charge on any atom is 0.0697 e. The molecule has 68 valence electrons. The third-order valence-electron chi connectivity index (χ3n) is 2.13. The van der Waals surface area contributed by atoms with E-state index in [1.54, 1.807) is 0 Å². The summed E-state index contributed by atoms with van der Waals surface area (Å²) in [6, 6.07) is 2.33. The first-order valence-corrected chi connectivity index (χ1v) is 4.48. The van der Waals surface area contributed by atoms with E-state index in [9.17, 15) is 0 Å². The Kier molecular flexibility index (Phi) is 3.07. The summed E-state index contributed by atoms with van der Waals surface area (Å²) in [6.07, 6.45) is 0. The van der Waals surface area contributed by atoms with E-state index in [0.717, 1.165) is 32.7 Å². The van der Waals surface area contributed by atoms with Crippen molar-refractivity contribution < 1.29 is 0 Å². The monoisotopic (exact) mass is 167 g/mol. The van der Waals surface area contributed by atoms with E-state index in [1.165, 1.54) is 0 Å². The molecule has 1 aliphatic heterocycles. The van der Waals surface area contributed by atoms with Gasteiger partial charge >= 0.3 is 0 Å². The van der Waals surface area contributed by atoms with E-state index in [-0.39, 0.29) is 5.41 Å². The third kappa shape index (κ3) is 2.80. The number of nitriles is 1. The van der Waals surface area contributed by atoms with Crippen molar-refractivity contribution in [2.75, 3.05) is 32.7 Å². The summed E-state index contributed by atoms with van der Waals surface area (Å²) >= 11 is 0. The summed E-state index contributed by atoms with van der Waals surface area (Å²) in [5, 5.41) is 12.1. The average molecular weight is 167 g/mol. The largest absolute Gasteiger partial charge is 0.314 e. The number of rotatable bonds is 2. The van der Waals surface area contributed by atoms with Gasteiger partial charge in [-0.05, 0) is 13.8 Å². The molecule has 0 unspecified atom stereocenters. The molecular weight excluding hydrogens is 150 g/mol. The van der Waals surface area contributed by atoms with Gasteiger partial charge in [-0.2, -0.15) is 5.26 Å². The molecule has 1 heterocycles. The molecule has 0 bridgehead atoms. The number of nitrogens with zero attached hydrogens (tertiary/aromatic N) is 2. The molecule has 0 aliphatic carbocycles. The zero-order valence-electron chi connectivity index (χ0n) is 7.93. The fourth-order valence-corrected chi connectivity index (χ4v) is 1.46. The molecule has 1 aliphatic rings. The molecule has 3 heteroatoms. The SMILES string of the molecule is CC(C)(C#N)CN1CCNCC1. The maximum atomic E-state index is 8.83. The Labute approximate surface area is 74.4 Å². The van der Waals surface area contributed by atoms with Crippen molar-refractivity contribution in [1.29, 1.82) is 5.26 Å². The molecule has 0 aromatic carbocycles. The maximum absolute atomic E-state index is 8.83. The van der Waals surface area contributed by atoms with Crippen LogP contribution in [0.3, 0.4) is 0 Å². The highest BCUT2D eigenvalue weighted by Gasteiger charge is 2.21. The van der Waals surface area contributed by atoms with Crippen molar-refractivity contribution in [3.63, 3.8) is 0 Å². The van der Waals surface area contributed by atoms with Crippen molar-refractivity contribution in [3.8, 4) is 6.07 Å². The summed E-state index contributed by atoms with van der Waals surface area (Å²) in [5.41, 5.74) is -0.197. The van der Waals surface area contributed by atoms with Crippen LogP contribution in [0.5, 0.6) is 0 Å². The van der Waals surface area contributed by atoms with Crippen molar-refractivity contribution in [1.82, 2.24) is 10.2 Å². The first-order chi connectivity index (χ1) is 5.64. The number of piperazine rings is 1. The molecule has 12 heavy (non-hydrogen) atoms. The van der Waals surface area contributed by atoms with Gasteiger partial charge in [-0.25, -0.2) is 0 Å². The minimum atomic E-state index is -0.197. The van der Waals surface area contributed by atoms with Gasteiger partial charge < -0.3 is 5.32 Å². The summed E-state index contributed by atoms with van der Waals surface area (Å²) < 4.78 is 0. The Morgan fingerprint density at radius 2 is 2.00 bits per heavy atom. The molecular formula is C9H17N3. The second kappa shape index (κ2) is 3.88. The van der Waals surface area contributed by atoms with Crippen LogP contribution < -0.4 is 5.32 Å². The van der Waals surface area contributed by atoms with E-state index in [0.29, 0.717) is 0 Å². The highest BCUT2D eigenvalue weighted by molar-refractivity contribution is 4.94. The molecule has 0 radical (unpaired) electrons. The summed E-state index contributed by atoms with van der Waals surface area (Å²) in [7, 11) is 0. The first kappa shape index (κ1) is 9.50. The van der Waals surface area contributed by atoms with Crippen LogP contribution in [0.2, 0.25) is 0 Å². The Bertz CT molecular complexity index is 175. The molecule has 1 N–H and O–H groups in total. The fraction of sp³-hybridized carbons (Fsp3) is 0.889. The smallest absolute Gasteiger partial charge is 0.0697 e. The van der Waals surface area contributed by atoms with Gasteiger partial charge in [0.05, 0.1) is 11.5 Å². The second-order valence-electron chi connectivity index (χ2n) is 4.02. The Hall–Kier alpha value is -0.590. The van der Waals surface area contributed by atoms with Gasteiger partial charge in [-0.15, -0.1) is 0 Å². The predicted octanol–water partition coefficient (Wildman–Crippen LogP) is 0.441. The molecule has 0 spiro atoms. The van der Waals surface area contributed by atoms with Crippen LogP contribution in [-0.4, -0.2) is 37.6 Å². The van der Waals surface area contributed by atoms with Crippen LogP contribution in [0.25, 0.3) is 0 Å². The Morgan fingerprint density at radius 1 is 1.42 bits per heavy atom. The van der Waals surface area contributed by atoms with Crippen molar-refractivity contribution in [2.24, 2.45) is 5.41 Å². The van der Waals surface area contributed by atoms with E-state index in [1.807, 2.05) is 13.8 Å². The number of nitrogens with one attached hydrogen (secondary N) is 1. The zero-order chi connectivity index (χ0) is 9.03. The predicted molar refractivity (Wildman–Crippen MR) is 48.7 cm³/mol. The quantitative estimate of drug-likeness (QED) is 0.648. The molecule has 0 amide bonds. The van der Waals surface area contributed by atoms with Gasteiger partial charge in [0.1, 0.15) is 0 Å². The summed E-state index contributed by atoms with van der Waals surface area (Å²) in [6.45, 7) is 9.15. The Morgan fingerprint density at radius 3 is 2.50 bits per heavy atom. The van der Waals surface area contributed by atoms with Crippen LogP contribution in [0, 0.1) is 16.7 Å². The molecule has 1 saturated heterocycles. The molecule has 0 aromatic rings. The standard InChI is InChI=1S/C9H17N3/c1-9(2,7-10)8-12-5-3-11-4-6-12/h11H,3-6,8H2,1-2H3. The lowest BCUT2D eigenvalue weighted by Crippen LogP contribution is -2.46. The molecule has 3 nitrogen and oxygen atoms in total. The first-order valence-electron chi connectivity index (χ1n) is 4.48. The van der Waals surface area contributed by atoms with Gasteiger partial charge in [-0.3, -0.25) is 4.90 Å². The van der Waals surface area contributed by atoms with Crippen LogP contribution in [0.1, 0.15) is 13.8 Å². The fourth-order valence-electron chi connectivity index (χ4n) is 1.46. The van der Waals surface area contributed by atoms with Crippen molar-refractivity contribution >= 4 is 0 Å². The molecule has 0 saturated carbocycles. The Balaban J connectivity index is 2.35. The lowest BCUT2D eigenvalue weighted by molar-refractivity contribution is 0.191. The van der Waals surface area contributed by atoms with E-state index < -0.39 is 0 Å². The van der Waals surface area contributed by atoms with Crippen LogP contribution in [-0.2, 0) is 0 Å². The van der Waals surface area contributed by atoms with Crippen molar-refractivity contribution in [2.45, 2.75) is 13.8 Å². The van der Waals surface area contributed by atoms with E-state index in [4.69, 9.17) is 5.26 Å². The van der Waals surface area contributed by atoms with Gasteiger partial charge in [0.25, 0.3) is 0 Å². The minimum absolute atomic E-state index is 0.197. The number of hydrogen-bond acceptors (Lipinski definition) is 3. The molecule has 0 aromatic heterocycles. The average Bonchev–Trinajstić information content (AvgIpc) is 2.06.